The van der Waals surface area contributed by atoms with Gasteiger partial charge in [-0.25, -0.2) is 4.98 Å². The van der Waals surface area contributed by atoms with Gasteiger partial charge in [0, 0.05) is 20.2 Å². The number of hydrogen-bond acceptors (Lipinski definition) is 4. The number of unbranched alkanes of at least 4 members (excludes halogenated alkanes) is 2. The van der Waals surface area contributed by atoms with E-state index in [1.165, 1.54) is 11.3 Å². The Labute approximate surface area is 106 Å². The van der Waals surface area contributed by atoms with Crippen molar-refractivity contribution in [3.8, 4) is 0 Å². The first-order valence-corrected chi connectivity index (χ1v) is 6.68. The number of aryl methyl sites for hydroxylation is 2. The molecule has 0 saturated carbocycles. The normalized spacial score (nSPS) is 10.6. The van der Waals surface area contributed by atoms with Crippen molar-refractivity contribution in [2.24, 2.45) is 0 Å². The first-order chi connectivity index (χ1) is 8.06. The molecule has 0 bridgehead atoms. The number of aliphatic hydroxyl groups is 1. The maximum absolute atomic E-state index is 12.1. The topological polar surface area (TPSA) is 53.4 Å². The van der Waals surface area contributed by atoms with Crippen LogP contribution in [0.5, 0.6) is 0 Å². The number of nitrogens with zero attached hydrogens (tertiary/aromatic N) is 2. The first-order valence-electron chi connectivity index (χ1n) is 5.86. The Morgan fingerprint density at radius 3 is 2.59 bits per heavy atom. The van der Waals surface area contributed by atoms with Gasteiger partial charge in [0.15, 0.2) is 0 Å². The van der Waals surface area contributed by atoms with Crippen LogP contribution in [0, 0.1) is 13.8 Å². The van der Waals surface area contributed by atoms with Crippen molar-refractivity contribution in [2.45, 2.75) is 33.1 Å². The van der Waals surface area contributed by atoms with E-state index in [0.29, 0.717) is 0 Å². The average molecular weight is 256 g/mol. The molecule has 1 amide bonds. The maximum atomic E-state index is 12.1. The minimum absolute atomic E-state index is 0.0529. The summed E-state index contributed by atoms with van der Waals surface area (Å²) in [6, 6.07) is 0. The minimum atomic E-state index is 0.0529. The molecule has 1 N–H and O–H groups in total. The molecule has 0 spiro atoms. The number of rotatable bonds is 6. The minimum Gasteiger partial charge on any atom is -0.396 e. The van der Waals surface area contributed by atoms with Crippen LogP contribution in [-0.4, -0.2) is 41.1 Å². The predicted octanol–water partition coefficient (Wildman–Crippen LogP) is 1.99. The van der Waals surface area contributed by atoms with E-state index in [9.17, 15) is 4.79 Å². The molecule has 0 aromatic carbocycles. The zero-order valence-corrected chi connectivity index (χ0v) is 11.5. The van der Waals surface area contributed by atoms with Crippen LogP contribution >= 0.6 is 11.3 Å². The van der Waals surface area contributed by atoms with E-state index in [-0.39, 0.29) is 12.5 Å². The van der Waals surface area contributed by atoms with E-state index in [1.54, 1.807) is 4.90 Å². The van der Waals surface area contributed by atoms with Gasteiger partial charge in [-0.1, -0.05) is 0 Å². The van der Waals surface area contributed by atoms with Gasteiger partial charge < -0.3 is 10.0 Å². The summed E-state index contributed by atoms with van der Waals surface area (Å²) in [5, 5.41) is 9.60. The second-order valence-electron chi connectivity index (χ2n) is 4.16. The van der Waals surface area contributed by atoms with Crippen LogP contribution in [0.4, 0.5) is 0 Å². The monoisotopic (exact) mass is 256 g/mol. The van der Waals surface area contributed by atoms with Crippen molar-refractivity contribution in [1.82, 2.24) is 9.88 Å². The lowest BCUT2D eigenvalue weighted by Crippen LogP contribution is -2.27. The molecule has 0 aliphatic rings. The standard InChI is InChI=1S/C12H20N2O2S/c1-9-11(17-10(2)13-9)12(16)14(3)7-5-4-6-8-15/h15H,4-8H2,1-3H3. The number of carbonyl (C=O) groups excluding carboxylic acids is 1. The van der Waals surface area contributed by atoms with Gasteiger partial charge in [-0.15, -0.1) is 11.3 Å². The molecule has 0 aliphatic carbocycles. The molecule has 0 unspecified atom stereocenters. The van der Waals surface area contributed by atoms with E-state index in [2.05, 4.69) is 4.98 Å². The Balaban J connectivity index is 2.49. The molecular weight excluding hydrogens is 236 g/mol. The van der Waals surface area contributed by atoms with Gasteiger partial charge in [-0.05, 0) is 33.1 Å². The zero-order valence-electron chi connectivity index (χ0n) is 10.7. The van der Waals surface area contributed by atoms with Crippen molar-refractivity contribution in [1.29, 1.82) is 0 Å². The predicted molar refractivity (Wildman–Crippen MR) is 69.5 cm³/mol. The third kappa shape index (κ3) is 4.09. The van der Waals surface area contributed by atoms with Gasteiger partial charge in [-0.3, -0.25) is 4.79 Å². The highest BCUT2D eigenvalue weighted by Crippen LogP contribution is 2.18. The fourth-order valence-electron chi connectivity index (χ4n) is 1.64. The average Bonchev–Trinajstić information content (AvgIpc) is 2.62. The van der Waals surface area contributed by atoms with Crippen LogP contribution in [0.3, 0.4) is 0 Å². The Bertz CT molecular complexity index is 377. The lowest BCUT2D eigenvalue weighted by Gasteiger charge is -2.16. The molecule has 1 heterocycles. The van der Waals surface area contributed by atoms with Gasteiger partial charge in [0.1, 0.15) is 4.88 Å². The number of aliphatic hydroxyl groups excluding tert-OH is 1. The molecule has 1 aromatic heterocycles. The van der Waals surface area contributed by atoms with Crippen LogP contribution in [0.2, 0.25) is 0 Å². The molecule has 17 heavy (non-hydrogen) atoms. The molecule has 4 nitrogen and oxygen atoms in total. The van der Waals surface area contributed by atoms with Crippen LogP contribution in [0.25, 0.3) is 0 Å². The summed E-state index contributed by atoms with van der Waals surface area (Å²) < 4.78 is 0. The number of amides is 1. The van der Waals surface area contributed by atoms with Crippen molar-refractivity contribution >= 4 is 17.2 Å². The largest absolute Gasteiger partial charge is 0.396 e. The number of thiazole rings is 1. The number of aromatic nitrogens is 1. The second-order valence-corrected chi connectivity index (χ2v) is 5.36. The molecule has 5 heteroatoms. The fraction of sp³-hybridized carbons (Fsp3) is 0.667. The van der Waals surface area contributed by atoms with Crippen molar-refractivity contribution in [3.63, 3.8) is 0 Å². The van der Waals surface area contributed by atoms with Crippen molar-refractivity contribution in [2.75, 3.05) is 20.2 Å². The summed E-state index contributed by atoms with van der Waals surface area (Å²) in [7, 11) is 1.82. The van der Waals surface area contributed by atoms with E-state index in [1.807, 2.05) is 20.9 Å². The lowest BCUT2D eigenvalue weighted by molar-refractivity contribution is 0.0796. The van der Waals surface area contributed by atoms with Gasteiger partial charge in [0.25, 0.3) is 5.91 Å². The highest BCUT2D eigenvalue weighted by Gasteiger charge is 2.17. The Kier molecular flexibility index (Phi) is 5.58. The molecule has 0 atom stereocenters. The van der Waals surface area contributed by atoms with E-state index in [4.69, 9.17) is 5.11 Å². The Morgan fingerprint density at radius 1 is 1.35 bits per heavy atom. The summed E-state index contributed by atoms with van der Waals surface area (Å²) >= 11 is 1.45. The highest BCUT2D eigenvalue weighted by atomic mass is 32.1. The van der Waals surface area contributed by atoms with Gasteiger partial charge in [0.05, 0.1) is 10.7 Å². The Hall–Kier alpha value is -0.940. The van der Waals surface area contributed by atoms with E-state index < -0.39 is 0 Å². The van der Waals surface area contributed by atoms with Crippen LogP contribution in [0.15, 0.2) is 0 Å². The molecule has 1 aromatic rings. The van der Waals surface area contributed by atoms with Crippen LogP contribution in [0.1, 0.15) is 39.6 Å². The molecule has 0 saturated heterocycles. The smallest absolute Gasteiger partial charge is 0.265 e. The zero-order chi connectivity index (χ0) is 12.8. The molecule has 1 rings (SSSR count). The lowest BCUT2D eigenvalue weighted by atomic mass is 10.2. The van der Waals surface area contributed by atoms with Crippen molar-refractivity contribution < 1.29 is 9.90 Å². The number of carbonyl (C=O) groups is 1. The third-order valence-corrected chi connectivity index (χ3v) is 3.66. The Morgan fingerprint density at radius 2 is 2.06 bits per heavy atom. The SMILES string of the molecule is Cc1nc(C)c(C(=O)N(C)CCCCCO)s1. The molecule has 0 aliphatic heterocycles. The molecule has 96 valence electrons. The summed E-state index contributed by atoms with van der Waals surface area (Å²) in [4.78, 5) is 18.8. The first kappa shape index (κ1) is 14.1. The van der Waals surface area contributed by atoms with Crippen LogP contribution in [-0.2, 0) is 0 Å². The maximum Gasteiger partial charge on any atom is 0.265 e. The third-order valence-electron chi connectivity index (χ3n) is 2.60. The fourth-order valence-corrected chi connectivity index (χ4v) is 2.56. The molecule has 0 radical (unpaired) electrons. The van der Waals surface area contributed by atoms with E-state index in [0.717, 1.165) is 41.4 Å². The molecular formula is C12H20N2O2S. The van der Waals surface area contributed by atoms with Gasteiger partial charge >= 0.3 is 0 Å². The quantitative estimate of drug-likeness (QED) is 0.792. The van der Waals surface area contributed by atoms with E-state index >= 15 is 0 Å². The van der Waals surface area contributed by atoms with Crippen molar-refractivity contribution in [3.05, 3.63) is 15.6 Å². The number of hydrogen-bond donors (Lipinski definition) is 1. The highest BCUT2D eigenvalue weighted by molar-refractivity contribution is 7.13. The summed E-state index contributed by atoms with van der Waals surface area (Å²) in [6.45, 7) is 4.74. The van der Waals surface area contributed by atoms with Crippen LogP contribution < -0.4 is 0 Å². The molecule has 0 fully saturated rings. The summed E-state index contributed by atoms with van der Waals surface area (Å²) in [6.07, 6.45) is 2.69. The van der Waals surface area contributed by atoms with Gasteiger partial charge in [0.2, 0.25) is 0 Å². The van der Waals surface area contributed by atoms with Gasteiger partial charge in [-0.2, -0.15) is 0 Å². The second kappa shape index (κ2) is 6.71. The summed E-state index contributed by atoms with van der Waals surface area (Å²) in [5.74, 6) is 0.0529. The summed E-state index contributed by atoms with van der Waals surface area (Å²) in [5.41, 5.74) is 0.819.